The largest absolute Gasteiger partial charge is 0.439 e. The summed E-state index contributed by atoms with van der Waals surface area (Å²) in [4.78, 5) is 15.9. The average molecular weight is 271 g/mol. The molecule has 1 aromatic heterocycles. The van der Waals surface area contributed by atoms with E-state index in [1.165, 1.54) is 25.7 Å². The van der Waals surface area contributed by atoms with Crippen molar-refractivity contribution in [1.82, 2.24) is 10.3 Å². The molecule has 1 saturated carbocycles. The molecule has 2 aromatic rings. The van der Waals surface area contributed by atoms with Crippen molar-refractivity contribution in [2.24, 2.45) is 5.73 Å². The fraction of sp³-hybridized carbons (Fsp3) is 0.467. The summed E-state index contributed by atoms with van der Waals surface area (Å²) in [5.41, 5.74) is 7.33. The molecule has 1 saturated heterocycles. The van der Waals surface area contributed by atoms with Gasteiger partial charge in [0.2, 0.25) is 5.89 Å². The third kappa shape index (κ3) is 1.66. The van der Waals surface area contributed by atoms with Crippen LogP contribution in [0.3, 0.4) is 0 Å². The smallest absolute Gasteiger partial charge is 0.251 e. The van der Waals surface area contributed by atoms with Crippen molar-refractivity contribution in [3.8, 4) is 0 Å². The van der Waals surface area contributed by atoms with E-state index in [1.807, 2.05) is 6.07 Å². The fourth-order valence-corrected chi connectivity index (χ4v) is 3.43. The number of nitrogens with zero attached hydrogens (tertiary/aromatic N) is 1. The van der Waals surface area contributed by atoms with Gasteiger partial charge in [-0.2, -0.15) is 0 Å². The summed E-state index contributed by atoms with van der Waals surface area (Å²) in [5, 5.41) is 3.66. The highest BCUT2D eigenvalue weighted by Crippen LogP contribution is 2.44. The Labute approximate surface area is 116 Å². The standard InChI is InChI=1S/C15H17N3O2/c16-13(19)9-3-1-4-11-12(9)17-14(20-11)10-5-8-15(18-10)6-2-7-15/h1,3-4,10,18H,2,5-8H2,(H2,16,19). The summed E-state index contributed by atoms with van der Waals surface area (Å²) in [6.45, 7) is 0. The molecule has 1 aliphatic carbocycles. The van der Waals surface area contributed by atoms with Crippen LogP contribution in [0.2, 0.25) is 0 Å². The van der Waals surface area contributed by atoms with Gasteiger partial charge in [-0.3, -0.25) is 4.79 Å². The number of hydrogen-bond acceptors (Lipinski definition) is 4. The second-order valence-corrected chi connectivity index (χ2v) is 5.94. The van der Waals surface area contributed by atoms with Crippen LogP contribution in [0.15, 0.2) is 22.6 Å². The summed E-state index contributed by atoms with van der Waals surface area (Å²) >= 11 is 0. The number of carbonyl (C=O) groups excluding carboxylic acids is 1. The van der Waals surface area contributed by atoms with E-state index >= 15 is 0 Å². The third-order valence-electron chi connectivity index (χ3n) is 4.70. The van der Waals surface area contributed by atoms with Crippen LogP contribution >= 0.6 is 0 Å². The summed E-state index contributed by atoms with van der Waals surface area (Å²) in [7, 11) is 0. The van der Waals surface area contributed by atoms with Gasteiger partial charge in [-0.25, -0.2) is 4.98 Å². The maximum Gasteiger partial charge on any atom is 0.251 e. The van der Waals surface area contributed by atoms with Crippen LogP contribution in [0.25, 0.3) is 11.1 Å². The van der Waals surface area contributed by atoms with Gasteiger partial charge in [-0.05, 0) is 44.2 Å². The number of oxazole rings is 1. The van der Waals surface area contributed by atoms with Gasteiger partial charge in [0.05, 0.1) is 11.6 Å². The zero-order valence-corrected chi connectivity index (χ0v) is 11.2. The van der Waals surface area contributed by atoms with Gasteiger partial charge in [0.25, 0.3) is 5.91 Å². The molecule has 104 valence electrons. The lowest BCUT2D eigenvalue weighted by molar-refractivity contribution is 0.100. The van der Waals surface area contributed by atoms with Crippen LogP contribution in [0.1, 0.15) is 54.4 Å². The number of benzene rings is 1. The molecule has 3 N–H and O–H groups in total. The SMILES string of the molecule is NC(=O)c1cccc2oc(C3CCC4(CCC4)N3)nc12. The Hall–Kier alpha value is -1.88. The van der Waals surface area contributed by atoms with E-state index in [0.29, 0.717) is 28.1 Å². The first-order chi connectivity index (χ1) is 9.67. The summed E-state index contributed by atoms with van der Waals surface area (Å²) in [5.74, 6) is 0.211. The van der Waals surface area contributed by atoms with Crippen molar-refractivity contribution >= 4 is 17.0 Å². The van der Waals surface area contributed by atoms with Gasteiger partial charge in [0.1, 0.15) is 5.52 Å². The highest BCUT2D eigenvalue weighted by atomic mass is 16.3. The quantitative estimate of drug-likeness (QED) is 0.878. The Bertz CT molecular complexity index is 687. The number of carbonyl (C=O) groups is 1. The molecule has 2 heterocycles. The molecule has 1 aromatic carbocycles. The summed E-state index contributed by atoms with van der Waals surface area (Å²) < 4.78 is 5.82. The van der Waals surface area contributed by atoms with Crippen LogP contribution in [-0.4, -0.2) is 16.4 Å². The molecule has 1 unspecified atom stereocenters. The highest BCUT2D eigenvalue weighted by molar-refractivity contribution is 6.03. The normalized spacial score (nSPS) is 24.1. The third-order valence-corrected chi connectivity index (χ3v) is 4.70. The maximum absolute atomic E-state index is 11.4. The van der Waals surface area contributed by atoms with Crippen LogP contribution in [0.4, 0.5) is 0 Å². The number of nitrogens with two attached hydrogens (primary N) is 1. The first-order valence-electron chi connectivity index (χ1n) is 7.14. The van der Waals surface area contributed by atoms with Crippen molar-refractivity contribution in [3.63, 3.8) is 0 Å². The first kappa shape index (κ1) is 11.9. The monoisotopic (exact) mass is 271 g/mol. The molecule has 1 aliphatic heterocycles. The minimum Gasteiger partial charge on any atom is -0.439 e. The lowest BCUT2D eigenvalue weighted by Crippen LogP contribution is -2.46. The van der Waals surface area contributed by atoms with Crippen molar-refractivity contribution in [3.05, 3.63) is 29.7 Å². The lowest BCUT2D eigenvalue weighted by Gasteiger charge is -2.39. The molecular weight excluding hydrogens is 254 g/mol. The number of aromatic nitrogens is 1. The molecule has 0 radical (unpaired) electrons. The highest BCUT2D eigenvalue weighted by Gasteiger charge is 2.44. The van der Waals surface area contributed by atoms with Crippen molar-refractivity contribution in [2.75, 3.05) is 0 Å². The number of primary amides is 1. The molecule has 2 aliphatic rings. The van der Waals surface area contributed by atoms with Crippen LogP contribution < -0.4 is 11.1 Å². The second kappa shape index (κ2) is 4.06. The lowest BCUT2D eigenvalue weighted by atomic mass is 9.76. The zero-order chi connectivity index (χ0) is 13.7. The molecule has 4 rings (SSSR count). The Morgan fingerprint density at radius 3 is 2.90 bits per heavy atom. The number of nitrogens with one attached hydrogen (secondary N) is 1. The van der Waals surface area contributed by atoms with Crippen LogP contribution in [0, 0.1) is 0 Å². The Balaban J connectivity index is 1.71. The van der Waals surface area contributed by atoms with Crippen LogP contribution in [-0.2, 0) is 0 Å². The minimum absolute atomic E-state index is 0.156. The number of hydrogen-bond donors (Lipinski definition) is 2. The molecule has 2 fully saturated rings. The van der Waals surface area contributed by atoms with Gasteiger partial charge in [-0.15, -0.1) is 0 Å². The molecule has 1 spiro atoms. The minimum atomic E-state index is -0.467. The second-order valence-electron chi connectivity index (χ2n) is 5.94. The maximum atomic E-state index is 11.4. The van der Waals surface area contributed by atoms with E-state index in [9.17, 15) is 4.79 Å². The number of fused-ring (bicyclic) bond motifs is 1. The van der Waals surface area contributed by atoms with Gasteiger partial charge in [0.15, 0.2) is 5.58 Å². The summed E-state index contributed by atoms with van der Waals surface area (Å²) in [6.07, 6.45) is 6.02. The van der Waals surface area contributed by atoms with Crippen molar-refractivity contribution in [1.29, 1.82) is 0 Å². The molecule has 0 bridgehead atoms. The number of para-hydroxylation sites is 1. The van der Waals surface area contributed by atoms with Crippen molar-refractivity contribution in [2.45, 2.75) is 43.7 Å². The van der Waals surface area contributed by atoms with Gasteiger partial charge < -0.3 is 15.5 Å². The van der Waals surface area contributed by atoms with E-state index in [4.69, 9.17) is 10.2 Å². The predicted molar refractivity (Wildman–Crippen MR) is 74.2 cm³/mol. The molecule has 5 heteroatoms. The molecule has 1 atom stereocenters. The summed E-state index contributed by atoms with van der Waals surface area (Å²) in [6, 6.07) is 5.44. The predicted octanol–water partition coefficient (Wildman–Crippen LogP) is 2.27. The molecule has 20 heavy (non-hydrogen) atoms. The Kier molecular flexibility index (Phi) is 2.41. The molecule has 5 nitrogen and oxygen atoms in total. The average Bonchev–Trinajstić information content (AvgIpc) is 3.01. The van der Waals surface area contributed by atoms with Crippen LogP contribution in [0.5, 0.6) is 0 Å². The fourth-order valence-electron chi connectivity index (χ4n) is 3.43. The van der Waals surface area contributed by atoms with Gasteiger partial charge in [0, 0.05) is 5.54 Å². The van der Waals surface area contributed by atoms with Gasteiger partial charge >= 0.3 is 0 Å². The van der Waals surface area contributed by atoms with E-state index in [-0.39, 0.29) is 6.04 Å². The van der Waals surface area contributed by atoms with E-state index in [0.717, 1.165) is 6.42 Å². The topological polar surface area (TPSA) is 81.2 Å². The number of amides is 1. The molecular formula is C15H17N3O2. The number of rotatable bonds is 2. The van der Waals surface area contributed by atoms with Gasteiger partial charge in [-0.1, -0.05) is 6.07 Å². The van der Waals surface area contributed by atoms with E-state index in [1.54, 1.807) is 12.1 Å². The van der Waals surface area contributed by atoms with E-state index < -0.39 is 5.91 Å². The van der Waals surface area contributed by atoms with Crippen molar-refractivity contribution < 1.29 is 9.21 Å². The Morgan fingerprint density at radius 2 is 2.25 bits per heavy atom. The Morgan fingerprint density at radius 1 is 1.40 bits per heavy atom. The zero-order valence-electron chi connectivity index (χ0n) is 11.2. The first-order valence-corrected chi connectivity index (χ1v) is 7.14. The molecule has 1 amide bonds. The van der Waals surface area contributed by atoms with E-state index in [2.05, 4.69) is 10.3 Å².